The van der Waals surface area contributed by atoms with Crippen LogP contribution in [0, 0.1) is 0 Å². The normalized spacial score (nSPS) is 14.4. The minimum atomic E-state index is -0.384. The van der Waals surface area contributed by atoms with E-state index in [0.29, 0.717) is 18.8 Å². The molecule has 0 radical (unpaired) electrons. The second-order valence-electron chi connectivity index (χ2n) is 3.60. The van der Waals surface area contributed by atoms with Crippen molar-refractivity contribution in [2.75, 3.05) is 20.3 Å². The van der Waals surface area contributed by atoms with Crippen LogP contribution < -0.4 is 0 Å². The molecular weight excluding hydrogens is 196 g/mol. The van der Waals surface area contributed by atoms with Crippen molar-refractivity contribution in [1.29, 1.82) is 0 Å². The first kappa shape index (κ1) is 14.1. The largest absolute Gasteiger partial charge is 0.457 e. The molecule has 0 rings (SSSR count). The molecule has 0 saturated carbocycles. The molecule has 2 atom stereocenters. The summed E-state index contributed by atoms with van der Waals surface area (Å²) < 4.78 is 15.3. The predicted molar refractivity (Wildman–Crippen MR) is 57.7 cm³/mol. The molecule has 4 nitrogen and oxygen atoms in total. The lowest BCUT2D eigenvalue weighted by molar-refractivity contribution is -0.147. The molecule has 0 N–H and O–H groups in total. The predicted octanol–water partition coefficient (Wildman–Crippen LogP) is 1.55. The van der Waals surface area contributed by atoms with Crippen molar-refractivity contribution in [1.82, 2.24) is 0 Å². The van der Waals surface area contributed by atoms with E-state index in [1.54, 1.807) is 21.0 Å². The van der Waals surface area contributed by atoms with Gasteiger partial charge in [0.05, 0.1) is 19.3 Å². The van der Waals surface area contributed by atoms with Crippen LogP contribution >= 0.6 is 0 Å². The molecule has 15 heavy (non-hydrogen) atoms. The Bertz CT molecular complexity index is 213. The molecule has 0 aromatic carbocycles. The topological polar surface area (TPSA) is 44.8 Å². The van der Waals surface area contributed by atoms with Crippen LogP contribution in [-0.4, -0.2) is 38.5 Å². The number of ether oxygens (including phenoxy) is 3. The van der Waals surface area contributed by atoms with Crippen LogP contribution in [-0.2, 0) is 19.0 Å². The lowest BCUT2D eigenvalue weighted by Gasteiger charge is -2.17. The second-order valence-corrected chi connectivity index (χ2v) is 3.60. The van der Waals surface area contributed by atoms with Crippen LogP contribution in [0.25, 0.3) is 0 Å². The highest BCUT2D eigenvalue weighted by atomic mass is 16.6. The summed E-state index contributed by atoms with van der Waals surface area (Å²) in [6.45, 7) is 9.68. The summed E-state index contributed by atoms with van der Waals surface area (Å²) in [5.74, 6) is -0.384. The average molecular weight is 216 g/mol. The SMILES string of the molecule is C=C(C)C(=O)OC(C)COC(C)COC. The molecule has 88 valence electrons. The van der Waals surface area contributed by atoms with E-state index in [1.807, 2.05) is 6.92 Å². The highest BCUT2D eigenvalue weighted by Gasteiger charge is 2.11. The molecule has 0 spiro atoms. The van der Waals surface area contributed by atoms with E-state index < -0.39 is 0 Å². The third-order valence-corrected chi connectivity index (χ3v) is 1.67. The van der Waals surface area contributed by atoms with Crippen LogP contribution in [0.2, 0.25) is 0 Å². The summed E-state index contributed by atoms with van der Waals surface area (Å²) in [6.07, 6.45) is -0.269. The van der Waals surface area contributed by atoms with E-state index in [2.05, 4.69) is 6.58 Å². The van der Waals surface area contributed by atoms with Crippen LogP contribution in [0.3, 0.4) is 0 Å². The highest BCUT2D eigenvalue weighted by molar-refractivity contribution is 5.87. The Hall–Kier alpha value is -0.870. The maximum absolute atomic E-state index is 11.1. The zero-order valence-electron chi connectivity index (χ0n) is 9.91. The van der Waals surface area contributed by atoms with E-state index in [0.717, 1.165) is 0 Å². The van der Waals surface area contributed by atoms with Crippen molar-refractivity contribution in [2.24, 2.45) is 0 Å². The maximum Gasteiger partial charge on any atom is 0.333 e. The Labute approximate surface area is 91.2 Å². The second kappa shape index (κ2) is 7.43. The first-order chi connectivity index (χ1) is 6.97. The van der Waals surface area contributed by atoms with Gasteiger partial charge in [-0.15, -0.1) is 0 Å². The maximum atomic E-state index is 11.1. The lowest BCUT2D eigenvalue weighted by Crippen LogP contribution is -2.25. The van der Waals surface area contributed by atoms with Gasteiger partial charge in [-0.1, -0.05) is 6.58 Å². The van der Waals surface area contributed by atoms with E-state index >= 15 is 0 Å². The summed E-state index contributed by atoms with van der Waals surface area (Å²) in [5.41, 5.74) is 0.395. The lowest BCUT2D eigenvalue weighted by atomic mass is 10.3. The van der Waals surface area contributed by atoms with E-state index in [9.17, 15) is 4.79 Å². The summed E-state index contributed by atoms with van der Waals surface area (Å²) in [4.78, 5) is 11.1. The molecule has 4 heteroatoms. The van der Waals surface area contributed by atoms with Crippen molar-refractivity contribution in [2.45, 2.75) is 33.0 Å². The van der Waals surface area contributed by atoms with Crippen LogP contribution in [0.5, 0.6) is 0 Å². The molecule has 0 amide bonds. The van der Waals surface area contributed by atoms with Crippen molar-refractivity contribution in [3.05, 3.63) is 12.2 Å². The third-order valence-electron chi connectivity index (χ3n) is 1.67. The molecule has 0 bridgehead atoms. The minimum Gasteiger partial charge on any atom is -0.457 e. The van der Waals surface area contributed by atoms with Gasteiger partial charge in [-0.2, -0.15) is 0 Å². The summed E-state index contributed by atoms with van der Waals surface area (Å²) in [7, 11) is 1.62. The van der Waals surface area contributed by atoms with Gasteiger partial charge in [0.25, 0.3) is 0 Å². The molecule has 0 aliphatic carbocycles. The number of methoxy groups -OCH3 is 1. The Morgan fingerprint density at radius 1 is 1.27 bits per heavy atom. The Balaban J connectivity index is 3.70. The van der Waals surface area contributed by atoms with Gasteiger partial charge in [-0.3, -0.25) is 0 Å². The van der Waals surface area contributed by atoms with Gasteiger partial charge in [0, 0.05) is 12.7 Å². The molecule has 0 aliphatic heterocycles. The summed E-state index contributed by atoms with van der Waals surface area (Å²) in [6, 6.07) is 0. The van der Waals surface area contributed by atoms with Crippen molar-refractivity contribution < 1.29 is 19.0 Å². The first-order valence-electron chi connectivity index (χ1n) is 4.94. The van der Waals surface area contributed by atoms with Crippen LogP contribution in [0.15, 0.2) is 12.2 Å². The molecule has 0 aromatic heterocycles. The zero-order chi connectivity index (χ0) is 11.8. The molecule has 0 saturated heterocycles. The Morgan fingerprint density at radius 2 is 1.87 bits per heavy atom. The van der Waals surface area contributed by atoms with Gasteiger partial charge >= 0.3 is 5.97 Å². The zero-order valence-corrected chi connectivity index (χ0v) is 9.91. The molecule has 0 heterocycles. The fourth-order valence-corrected chi connectivity index (χ4v) is 0.900. The Kier molecular flexibility index (Phi) is 6.99. The fourth-order valence-electron chi connectivity index (χ4n) is 0.900. The van der Waals surface area contributed by atoms with Gasteiger partial charge in [0.1, 0.15) is 6.10 Å². The molecule has 2 unspecified atom stereocenters. The third kappa shape index (κ3) is 7.11. The smallest absolute Gasteiger partial charge is 0.333 e. The minimum absolute atomic E-state index is 0.000908. The number of hydrogen-bond acceptors (Lipinski definition) is 4. The van der Waals surface area contributed by atoms with Crippen LogP contribution in [0.4, 0.5) is 0 Å². The summed E-state index contributed by atoms with van der Waals surface area (Å²) in [5, 5.41) is 0. The quantitative estimate of drug-likeness (QED) is 0.478. The van der Waals surface area contributed by atoms with Gasteiger partial charge < -0.3 is 14.2 Å². The molecule has 0 fully saturated rings. The molecular formula is C11H20O4. The average Bonchev–Trinajstić information content (AvgIpc) is 2.15. The van der Waals surface area contributed by atoms with Crippen molar-refractivity contribution in [3.8, 4) is 0 Å². The first-order valence-corrected chi connectivity index (χ1v) is 4.94. The number of hydrogen-bond donors (Lipinski definition) is 0. The van der Waals surface area contributed by atoms with Crippen LogP contribution in [0.1, 0.15) is 20.8 Å². The monoisotopic (exact) mass is 216 g/mol. The fraction of sp³-hybridized carbons (Fsp3) is 0.727. The van der Waals surface area contributed by atoms with Gasteiger partial charge in [0.15, 0.2) is 0 Å². The van der Waals surface area contributed by atoms with Gasteiger partial charge in [-0.25, -0.2) is 4.79 Å². The van der Waals surface area contributed by atoms with Crippen molar-refractivity contribution in [3.63, 3.8) is 0 Å². The van der Waals surface area contributed by atoms with E-state index in [1.165, 1.54) is 0 Å². The number of carbonyl (C=O) groups is 1. The standard InChI is InChI=1S/C11H20O4/c1-8(2)11(12)15-10(4)7-14-9(3)6-13-5/h9-10H,1,6-7H2,2-5H3. The van der Waals surface area contributed by atoms with E-state index in [4.69, 9.17) is 14.2 Å². The van der Waals surface area contributed by atoms with Gasteiger partial charge in [-0.05, 0) is 20.8 Å². The van der Waals surface area contributed by atoms with Gasteiger partial charge in [0.2, 0.25) is 0 Å². The summed E-state index contributed by atoms with van der Waals surface area (Å²) >= 11 is 0. The Morgan fingerprint density at radius 3 is 2.33 bits per heavy atom. The molecule has 0 aromatic rings. The highest BCUT2D eigenvalue weighted by Crippen LogP contribution is 2.01. The molecule has 0 aliphatic rings. The van der Waals surface area contributed by atoms with E-state index in [-0.39, 0.29) is 18.2 Å². The number of rotatable bonds is 7. The number of carbonyl (C=O) groups excluding carboxylic acids is 1. The number of esters is 1. The van der Waals surface area contributed by atoms with Crippen molar-refractivity contribution >= 4 is 5.97 Å².